The number of aromatic nitrogens is 4. The fraction of sp³-hybridized carbons (Fsp3) is 0.353. The maximum absolute atomic E-state index is 11.0. The summed E-state index contributed by atoms with van der Waals surface area (Å²) in [5.41, 5.74) is 1.15. The Morgan fingerprint density at radius 3 is 3.04 bits per heavy atom. The summed E-state index contributed by atoms with van der Waals surface area (Å²) in [7, 11) is 0. The molecule has 7 heteroatoms. The number of β-amino-alcohol motifs (C(OH)–C–C–N with tert-alkyl or cyclic N) is 1. The first-order chi connectivity index (χ1) is 11.5. The topological polar surface area (TPSA) is 66.5 Å². The van der Waals surface area contributed by atoms with Crippen molar-refractivity contribution in [2.45, 2.75) is 25.4 Å². The highest BCUT2D eigenvalue weighted by Crippen LogP contribution is 2.30. The van der Waals surface area contributed by atoms with Gasteiger partial charge in [0.05, 0.1) is 5.60 Å². The summed E-state index contributed by atoms with van der Waals surface area (Å²) in [5, 5.41) is 16.0. The van der Waals surface area contributed by atoms with Crippen LogP contribution < -0.4 is 4.90 Å². The number of aryl methyl sites for hydroxylation is 1. The molecule has 3 aromatic rings. The van der Waals surface area contributed by atoms with Crippen LogP contribution >= 0.6 is 11.6 Å². The van der Waals surface area contributed by atoms with Crippen molar-refractivity contribution < 1.29 is 5.11 Å². The average molecular weight is 344 g/mol. The van der Waals surface area contributed by atoms with Crippen molar-refractivity contribution >= 4 is 23.2 Å². The molecule has 0 aliphatic carbocycles. The van der Waals surface area contributed by atoms with Crippen LogP contribution in [0.2, 0.25) is 5.02 Å². The molecule has 1 aromatic carbocycles. The molecule has 0 radical (unpaired) electrons. The van der Waals surface area contributed by atoms with Gasteiger partial charge in [0, 0.05) is 36.3 Å². The van der Waals surface area contributed by atoms with E-state index in [0.717, 1.165) is 23.6 Å². The summed E-state index contributed by atoms with van der Waals surface area (Å²) in [6, 6.07) is 9.65. The van der Waals surface area contributed by atoms with Crippen LogP contribution in [-0.2, 0) is 6.42 Å². The highest BCUT2D eigenvalue weighted by Gasteiger charge is 2.37. The van der Waals surface area contributed by atoms with Gasteiger partial charge in [0.2, 0.25) is 0 Å². The molecule has 0 spiro atoms. The van der Waals surface area contributed by atoms with Crippen molar-refractivity contribution in [2.75, 3.05) is 18.0 Å². The van der Waals surface area contributed by atoms with Crippen LogP contribution in [0, 0.1) is 6.92 Å². The predicted molar refractivity (Wildman–Crippen MR) is 92.5 cm³/mol. The van der Waals surface area contributed by atoms with Crippen LogP contribution in [0.4, 0.5) is 5.82 Å². The number of aliphatic hydroxyl groups is 1. The van der Waals surface area contributed by atoms with Crippen molar-refractivity contribution in [1.82, 2.24) is 19.6 Å². The first kappa shape index (κ1) is 15.4. The Labute approximate surface area is 144 Å². The molecular weight excluding hydrogens is 326 g/mol. The lowest BCUT2D eigenvalue weighted by atomic mass is 9.94. The minimum Gasteiger partial charge on any atom is -0.388 e. The number of nitrogens with zero attached hydrogens (tertiary/aromatic N) is 5. The molecule has 1 saturated heterocycles. The summed E-state index contributed by atoms with van der Waals surface area (Å²) in [6.45, 7) is 3.24. The quantitative estimate of drug-likeness (QED) is 0.790. The van der Waals surface area contributed by atoms with E-state index in [1.165, 1.54) is 6.33 Å². The summed E-state index contributed by atoms with van der Waals surface area (Å²) in [4.78, 5) is 10.7. The Bertz CT molecular complexity index is 896. The molecule has 2 aromatic heterocycles. The second-order valence-corrected chi connectivity index (χ2v) is 6.87. The van der Waals surface area contributed by atoms with E-state index in [-0.39, 0.29) is 0 Å². The van der Waals surface area contributed by atoms with Crippen molar-refractivity contribution in [1.29, 1.82) is 0 Å². The molecule has 0 bridgehead atoms. The van der Waals surface area contributed by atoms with Crippen molar-refractivity contribution in [3.05, 3.63) is 52.9 Å². The lowest BCUT2D eigenvalue weighted by Gasteiger charge is -2.24. The van der Waals surface area contributed by atoms with Crippen LogP contribution in [0.15, 0.2) is 36.7 Å². The number of hydrogen-bond donors (Lipinski definition) is 1. The zero-order valence-corrected chi connectivity index (χ0v) is 14.1. The molecule has 1 aliphatic heterocycles. The van der Waals surface area contributed by atoms with Crippen molar-refractivity contribution in [2.24, 2.45) is 0 Å². The van der Waals surface area contributed by atoms with E-state index in [2.05, 4.69) is 20.0 Å². The number of rotatable bonds is 3. The largest absolute Gasteiger partial charge is 0.388 e. The van der Waals surface area contributed by atoms with Gasteiger partial charge >= 0.3 is 0 Å². The summed E-state index contributed by atoms with van der Waals surface area (Å²) >= 11 is 6.05. The Morgan fingerprint density at radius 1 is 1.33 bits per heavy atom. The van der Waals surface area contributed by atoms with Gasteiger partial charge in [0.1, 0.15) is 12.1 Å². The molecular formula is C17H18ClN5O. The lowest BCUT2D eigenvalue weighted by molar-refractivity contribution is 0.0637. The first-order valence-corrected chi connectivity index (χ1v) is 8.29. The van der Waals surface area contributed by atoms with E-state index in [1.54, 1.807) is 4.52 Å². The Morgan fingerprint density at radius 2 is 2.21 bits per heavy atom. The van der Waals surface area contributed by atoms with Gasteiger partial charge in [-0.05, 0) is 31.0 Å². The highest BCUT2D eigenvalue weighted by atomic mass is 35.5. The van der Waals surface area contributed by atoms with Gasteiger partial charge in [-0.15, -0.1) is 0 Å². The second-order valence-electron chi connectivity index (χ2n) is 6.43. The molecule has 4 rings (SSSR count). The lowest BCUT2D eigenvalue weighted by Crippen LogP contribution is -2.36. The average Bonchev–Trinajstić information content (AvgIpc) is 3.13. The molecule has 1 fully saturated rings. The maximum atomic E-state index is 11.0. The normalized spacial score (nSPS) is 20.9. The van der Waals surface area contributed by atoms with Gasteiger partial charge in [-0.2, -0.15) is 14.6 Å². The van der Waals surface area contributed by atoms with Crippen molar-refractivity contribution in [3.8, 4) is 0 Å². The van der Waals surface area contributed by atoms with Gasteiger partial charge in [-0.25, -0.2) is 4.98 Å². The van der Waals surface area contributed by atoms with Gasteiger partial charge < -0.3 is 10.0 Å². The monoisotopic (exact) mass is 343 g/mol. The second kappa shape index (κ2) is 5.72. The zero-order valence-electron chi connectivity index (χ0n) is 13.4. The summed E-state index contributed by atoms with van der Waals surface area (Å²) in [5.74, 6) is 1.49. The molecule has 1 atom stereocenters. The number of anilines is 1. The third-order valence-electron chi connectivity index (χ3n) is 4.44. The minimum absolute atomic E-state index is 0.540. The standard InChI is InChI=1S/C17H18ClN5O/c1-12-7-15(23-16(21-12)19-11-20-23)22-6-5-17(24,10-22)9-13-3-2-4-14(18)8-13/h2-4,7-8,11,24H,5-6,9-10H2,1H3/t17-/m0/s1. The summed E-state index contributed by atoms with van der Waals surface area (Å²) in [6.07, 6.45) is 2.77. The summed E-state index contributed by atoms with van der Waals surface area (Å²) < 4.78 is 1.72. The van der Waals surface area contributed by atoms with Gasteiger partial charge in [-0.1, -0.05) is 23.7 Å². The minimum atomic E-state index is -0.783. The molecule has 3 heterocycles. The van der Waals surface area contributed by atoms with E-state index in [0.29, 0.717) is 30.2 Å². The molecule has 24 heavy (non-hydrogen) atoms. The maximum Gasteiger partial charge on any atom is 0.254 e. The molecule has 1 aliphatic rings. The van der Waals surface area contributed by atoms with Crippen LogP contribution in [0.5, 0.6) is 0 Å². The molecule has 0 saturated carbocycles. The molecule has 0 unspecified atom stereocenters. The predicted octanol–water partition coefficient (Wildman–Crippen LogP) is 2.27. The third kappa shape index (κ3) is 2.83. The number of benzene rings is 1. The van der Waals surface area contributed by atoms with Gasteiger partial charge in [0.15, 0.2) is 0 Å². The van der Waals surface area contributed by atoms with Crippen LogP contribution in [0.25, 0.3) is 5.78 Å². The van der Waals surface area contributed by atoms with Crippen LogP contribution in [0.1, 0.15) is 17.7 Å². The van der Waals surface area contributed by atoms with Gasteiger partial charge in [-0.3, -0.25) is 0 Å². The Hall–Kier alpha value is -2.18. The van der Waals surface area contributed by atoms with E-state index in [1.807, 2.05) is 37.3 Å². The first-order valence-electron chi connectivity index (χ1n) is 7.92. The van der Waals surface area contributed by atoms with E-state index < -0.39 is 5.60 Å². The Balaban J connectivity index is 1.60. The number of fused-ring (bicyclic) bond motifs is 1. The SMILES string of the molecule is Cc1cc(N2CC[C@](O)(Cc3cccc(Cl)c3)C2)n2ncnc2n1. The molecule has 6 nitrogen and oxygen atoms in total. The molecule has 124 valence electrons. The van der Waals surface area contributed by atoms with E-state index in [9.17, 15) is 5.11 Å². The zero-order chi connectivity index (χ0) is 16.7. The van der Waals surface area contributed by atoms with Crippen LogP contribution in [0.3, 0.4) is 0 Å². The highest BCUT2D eigenvalue weighted by molar-refractivity contribution is 6.30. The number of halogens is 1. The molecule has 1 N–H and O–H groups in total. The fourth-order valence-electron chi connectivity index (χ4n) is 3.36. The third-order valence-corrected chi connectivity index (χ3v) is 4.67. The molecule has 0 amide bonds. The fourth-order valence-corrected chi connectivity index (χ4v) is 3.57. The van der Waals surface area contributed by atoms with Crippen molar-refractivity contribution in [3.63, 3.8) is 0 Å². The van der Waals surface area contributed by atoms with E-state index in [4.69, 9.17) is 11.6 Å². The van der Waals surface area contributed by atoms with Crippen LogP contribution in [-0.4, -0.2) is 43.4 Å². The number of hydrogen-bond acceptors (Lipinski definition) is 5. The van der Waals surface area contributed by atoms with Gasteiger partial charge in [0.25, 0.3) is 5.78 Å². The van der Waals surface area contributed by atoms with E-state index >= 15 is 0 Å². The Kier molecular flexibility index (Phi) is 3.66. The smallest absolute Gasteiger partial charge is 0.254 e.